The fourth-order valence-electron chi connectivity index (χ4n) is 3.87. The quantitative estimate of drug-likeness (QED) is 0.329. The minimum atomic E-state index is 0.926. The van der Waals surface area contributed by atoms with Gasteiger partial charge >= 0.3 is 0 Å². The number of hydrogen-bond acceptors (Lipinski definition) is 0. The molecule has 4 aromatic rings. The number of allylic oxidation sites excluding steroid dienone is 3. The molecule has 0 saturated heterocycles. The summed E-state index contributed by atoms with van der Waals surface area (Å²) < 4.78 is 3.51. The lowest BCUT2D eigenvalue weighted by Gasteiger charge is -2.12. The standard InChI is InChI=1S/C25H18BrN/c26-20-13-16-25-23(17-20)22-9-5-2-6-10-24(22)27(25)21-14-11-19(12-15-21)18-7-3-1-4-8-18/h1-9,11-17H,10H2. The number of nitrogens with zero attached hydrogens (tertiary/aromatic N) is 1. The van der Waals surface area contributed by atoms with Crippen LogP contribution in [-0.4, -0.2) is 4.57 Å². The van der Waals surface area contributed by atoms with Gasteiger partial charge in [-0.3, -0.25) is 0 Å². The summed E-state index contributed by atoms with van der Waals surface area (Å²) in [5, 5.41) is 1.28. The van der Waals surface area contributed by atoms with Gasteiger partial charge in [0.25, 0.3) is 0 Å². The monoisotopic (exact) mass is 411 g/mol. The van der Waals surface area contributed by atoms with E-state index in [1.54, 1.807) is 0 Å². The zero-order valence-electron chi connectivity index (χ0n) is 14.8. The van der Waals surface area contributed by atoms with Crippen LogP contribution >= 0.6 is 15.9 Å². The van der Waals surface area contributed by atoms with Crippen molar-refractivity contribution in [1.29, 1.82) is 0 Å². The number of halogens is 1. The molecule has 1 nitrogen and oxygen atoms in total. The molecular weight excluding hydrogens is 394 g/mol. The van der Waals surface area contributed by atoms with Crippen LogP contribution in [0.1, 0.15) is 11.3 Å². The molecule has 0 amide bonds. The van der Waals surface area contributed by atoms with E-state index in [1.807, 2.05) is 0 Å². The van der Waals surface area contributed by atoms with Crippen LogP contribution in [0, 0.1) is 0 Å². The maximum atomic E-state index is 3.63. The van der Waals surface area contributed by atoms with E-state index in [1.165, 1.54) is 39.0 Å². The molecule has 0 saturated carbocycles. The van der Waals surface area contributed by atoms with Crippen molar-refractivity contribution in [2.24, 2.45) is 0 Å². The molecule has 0 spiro atoms. The molecule has 0 bridgehead atoms. The molecule has 27 heavy (non-hydrogen) atoms. The molecular formula is C25H18BrN. The molecule has 1 aliphatic carbocycles. The van der Waals surface area contributed by atoms with E-state index in [4.69, 9.17) is 0 Å². The summed E-state index contributed by atoms with van der Waals surface area (Å²) in [5.41, 5.74) is 7.58. The average Bonchev–Trinajstić information content (AvgIpc) is 2.85. The minimum Gasteiger partial charge on any atom is -0.313 e. The Balaban J connectivity index is 1.70. The Morgan fingerprint density at radius 2 is 1.56 bits per heavy atom. The number of rotatable bonds is 2. The highest BCUT2D eigenvalue weighted by Crippen LogP contribution is 2.34. The van der Waals surface area contributed by atoms with E-state index in [9.17, 15) is 0 Å². The van der Waals surface area contributed by atoms with Gasteiger partial charge in [-0.2, -0.15) is 0 Å². The highest BCUT2D eigenvalue weighted by atomic mass is 79.9. The Bertz CT molecular complexity index is 1180. The van der Waals surface area contributed by atoms with E-state index < -0.39 is 0 Å². The van der Waals surface area contributed by atoms with Crippen molar-refractivity contribution < 1.29 is 0 Å². The number of aromatic nitrogens is 1. The summed E-state index contributed by atoms with van der Waals surface area (Å²) in [6, 6.07) is 25.9. The van der Waals surface area contributed by atoms with Crippen LogP contribution in [0.15, 0.2) is 95.5 Å². The zero-order chi connectivity index (χ0) is 18.2. The Labute approximate surface area is 167 Å². The van der Waals surface area contributed by atoms with Gasteiger partial charge in [-0.15, -0.1) is 0 Å². The summed E-state index contributed by atoms with van der Waals surface area (Å²) in [7, 11) is 0. The van der Waals surface area contributed by atoms with Crippen LogP contribution in [0.2, 0.25) is 0 Å². The minimum absolute atomic E-state index is 0.926. The Morgan fingerprint density at radius 1 is 0.778 bits per heavy atom. The third-order valence-electron chi connectivity index (χ3n) is 5.12. The number of hydrogen-bond donors (Lipinski definition) is 0. The van der Waals surface area contributed by atoms with Crippen molar-refractivity contribution >= 4 is 32.9 Å². The normalized spacial score (nSPS) is 12.9. The molecule has 1 heterocycles. The van der Waals surface area contributed by atoms with Crippen LogP contribution in [0.25, 0.3) is 33.8 Å². The fourth-order valence-corrected chi connectivity index (χ4v) is 4.23. The smallest absolute Gasteiger partial charge is 0.0538 e. The number of benzene rings is 3. The predicted octanol–water partition coefficient (Wildman–Crippen LogP) is 7.19. The molecule has 130 valence electrons. The topological polar surface area (TPSA) is 4.93 Å². The molecule has 1 aliphatic rings. The van der Waals surface area contributed by atoms with Gasteiger partial charge in [-0.05, 0) is 41.5 Å². The van der Waals surface area contributed by atoms with Crippen LogP contribution in [0.3, 0.4) is 0 Å². The van der Waals surface area contributed by atoms with E-state index in [0.717, 1.165) is 10.9 Å². The van der Waals surface area contributed by atoms with Crippen molar-refractivity contribution in [1.82, 2.24) is 4.57 Å². The van der Waals surface area contributed by atoms with Gasteiger partial charge in [-0.25, -0.2) is 0 Å². The molecule has 0 atom stereocenters. The van der Waals surface area contributed by atoms with Crippen LogP contribution < -0.4 is 0 Å². The van der Waals surface area contributed by atoms with Crippen molar-refractivity contribution in [3.63, 3.8) is 0 Å². The van der Waals surface area contributed by atoms with Gasteiger partial charge in [-0.1, -0.05) is 82.7 Å². The third kappa shape index (κ3) is 2.87. The lowest BCUT2D eigenvalue weighted by Crippen LogP contribution is -2.00. The third-order valence-corrected chi connectivity index (χ3v) is 5.62. The second kappa shape index (κ2) is 6.71. The molecule has 1 aromatic heterocycles. The number of fused-ring (bicyclic) bond motifs is 3. The molecule has 0 N–H and O–H groups in total. The first-order valence-electron chi connectivity index (χ1n) is 9.13. The van der Waals surface area contributed by atoms with Crippen LogP contribution in [0.5, 0.6) is 0 Å². The SMILES string of the molecule is Brc1ccc2c(c1)c1c(n2-c2ccc(-c3ccccc3)cc2)CC=CC=C1. The highest BCUT2D eigenvalue weighted by molar-refractivity contribution is 9.10. The summed E-state index contributed by atoms with van der Waals surface area (Å²) in [4.78, 5) is 0. The summed E-state index contributed by atoms with van der Waals surface area (Å²) in [6.45, 7) is 0. The highest BCUT2D eigenvalue weighted by Gasteiger charge is 2.17. The van der Waals surface area contributed by atoms with Crippen molar-refractivity contribution in [2.75, 3.05) is 0 Å². The van der Waals surface area contributed by atoms with Crippen molar-refractivity contribution in [3.05, 3.63) is 107 Å². The largest absolute Gasteiger partial charge is 0.313 e. The average molecular weight is 412 g/mol. The van der Waals surface area contributed by atoms with Gasteiger partial charge in [0.15, 0.2) is 0 Å². The summed E-state index contributed by atoms with van der Waals surface area (Å²) >= 11 is 3.63. The Hall–Kier alpha value is -2.84. The molecule has 2 heteroatoms. The summed E-state index contributed by atoms with van der Waals surface area (Å²) in [6.07, 6.45) is 9.64. The van der Waals surface area contributed by atoms with Gasteiger partial charge in [0, 0.05) is 33.2 Å². The first-order chi connectivity index (χ1) is 13.3. The zero-order valence-corrected chi connectivity index (χ0v) is 16.4. The first kappa shape index (κ1) is 16.3. The second-order valence-corrected chi connectivity index (χ2v) is 7.68. The van der Waals surface area contributed by atoms with Crippen molar-refractivity contribution in [2.45, 2.75) is 6.42 Å². The maximum absolute atomic E-state index is 3.63. The van der Waals surface area contributed by atoms with Gasteiger partial charge in [0.1, 0.15) is 0 Å². The molecule has 0 unspecified atom stereocenters. The maximum Gasteiger partial charge on any atom is 0.0538 e. The molecule has 0 fully saturated rings. The summed E-state index contributed by atoms with van der Waals surface area (Å²) in [5.74, 6) is 0. The van der Waals surface area contributed by atoms with Gasteiger partial charge < -0.3 is 4.57 Å². The predicted molar refractivity (Wildman–Crippen MR) is 118 cm³/mol. The van der Waals surface area contributed by atoms with E-state index in [-0.39, 0.29) is 0 Å². The lowest BCUT2D eigenvalue weighted by atomic mass is 10.1. The first-order valence-corrected chi connectivity index (χ1v) is 9.92. The molecule has 5 rings (SSSR count). The van der Waals surface area contributed by atoms with E-state index in [0.29, 0.717) is 0 Å². The van der Waals surface area contributed by atoms with Gasteiger partial charge in [0.2, 0.25) is 0 Å². The van der Waals surface area contributed by atoms with E-state index in [2.05, 4.69) is 118 Å². The van der Waals surface area contributed by atoms with Crippen LogP contribution in [0.4, 0.5) is 0 Å². The Morgan fingerprint density at radius 3 is 2.37 bits per heavy atom. The lowest BCUT2D eigenvalue weighted by molar-refractivity contribution is 1.00. The molecule has 0 radical (unpaired) electrons. The van der Waals surface area contributed by atoms with Crippen molar-refractivity contribution in [3.8, 4) is 16.8 Å². The Kier molecular flexibility index (Phi) is 4.06. The fraction of sp³-hybridized carbons (Fsp3) is 0.0400. The van der Waals surface area contributed by atoms with E-state index >= 15 is 0 Å². The second-order valence-electron chi connectivity index (χ2n) is 6.76. The van der Waals surface area contributed by atoms with Gasteiger partial charge in [0.05, 0.1) is 5.52 Å². The van der Waals surface area contributed by atoms with Crippen LogP contribution in [-0.2, 0) is 6.42 Å². The molecule has 0 aliphatic heterocycles. The molecule has 3 aromatic carbocycles.